The molecule has 0 saturated heterocycles. The van der Waals surface area contributed by atoms with Gasteiger partial charge in [0.15, 0.2) is 5.96 Å². The maximum Gasteiger partial charge on any atom is 0.191 e. The first kappa shape index (κ1) is 22.0. The van der Waals surface area contributed by atoms with Crippen molar-refractivity contribution in [2.75, 3.05) is 13.1 Å². The summed E-state index contributed by atoms with van der Waals surface area (Å²) in [6.45, 7) is 8.14. The summed E-state index contributed by atoms with van der Waals surface area (Å²) < 4.78 is 5.86. The third-order valence-electron chi connectivity index (χ3n) is 3.28. The third-order valence-corrected chi connectivity index (χ3v) is 4.45. The number of benzene rings is 1. The van der Waals surface area contributed by atoms with Crippen LogP contribution in [-0.2, 0) is 6.54 Å². The number of aromatic nitrogens is 1. The van der Waals surface area contributed by atoms with E-state index in [1.165, 1.54) is 4.88 Å². The van der Waals surface area contributed by atoms with Crippen molar-refractivity contribution in [3.8, 4) is 5.75 Å². The molecule has 1 heterocycles. The van der Waals surface area contributed by atoms with Gasteiger partial charge in [-0.15, -0.1) is 35.3 Å². The molecule has 2 rings (SSSR count). The number of ether oxygens (including phenoxy) is 1. The summed E-state index contributed by atoms with van der Waals surface area (Å²) in [5.41, 5.74) is 2.89. The first-order valence-electron chi connectivity index (χ1n) is 7.92. The summed E-state index contributed by atoms with van der Waals surface area (Å²) in [5, 5.41) is 7.25. The summed E-state index contributed by atoms with van der Waals surface area (Å²) in [6.07, 6.45) is 0.000159. The molecule has 1 unspecified atom stereocenters. The Bertz CT molecular complexity index is 663. The van der Waals surface area contributed by atoms with Gasteiger partial charge in [0.25, 0.3) is 0 Å². The zero-order valence-electron chi connectivity index (χ0n) is 14.6. The van der Waals surface area contributed by atoms with E-state index in [2.05, 4.69) is 20.6 Å². The number of aryl methyl sites for hydroxylation is 1. The van der Waals surface area contributed by atoms with Gasteiger partial charge in [0, 0.05) is 16.4 Å². The highest BCUT2D eigenvalue weighted by molar-refractivity contribution is 14.0. The molecule has 2 N–H and O–H groups in total. The van der Waals surface area contributed by atoms with Crippen molar-refractivity contribution >= 4 is 52.9 Å². The topological polar surface area (TPSA) is 58.5 Å². The van der Waals surface area contributed by atoms with Crippen LogP contribution in [0.15, 0.2) is 34.8 Å². The Labute approximate surface area is 175 Å². The smallest absolute Gasteiger partial charge is 0.191 e. The van der Waals surface area contributed by atoms with E-state index in [0.29, 0.717) is 18.1 Å². The number of aliphatic imine (C=N–C) groups is 1. The monoisotopic (exact) mass is 494 g/mol. The van der Waals surface area contributed by atoms with Gasteiger partial charge in [-0.05, 0) is 45.0 Å². The van der Waals surface area contributed by atoms with E-state index < -0.39 is 0 Å². The van der Waals surface area contributed by atoms with E-state index in [-0.39, 0.29) is 30.1 Å². The second-order valence-corrected chi connectivity index (χ2v) is 6.70. The van der Waals surface area contributed by atoms with Crippen LogP contribution < -0.4 is 15.4 Å². The molecular formula is C17H24ClIN4OS. The van der Waals surface area contributed by atoms with Crippen LogP contribution >= 0.6 is 46.9 Å². The molecule has 0 bridgehead atoms. The lowest BCUT2D eigenvalue weighted by Crippen LogP contribution is -2.41. The molecule has 0 spiro atoms. The highest BCUT2D eigenvalue weighted by Gasteiger charge is 2.07. The van der Waals surface area contributed by atoms with Crippen molar-refractivity contribution in [2.24, 2.45) is 4.99 Å². The third kappa shape index (κ3) is 7.79. The predicted molar refractivity (Wildman–Crippen MR) is 117 cm³/mol. The van der Waals surface area contributed by atoms with Crippen molar-refractivity contribution in [2.45, 2.75) is 33.4 Å². The molecule has 0 radical (unpaired) electrons. The number of halogens is 2. The predicted octanol–water partition coefficient (Wildman–Crippen LogP) is 4.25. The standard InChI is InChI=1S/C17H23ClN4OS.HI/c1-4-19-17(21-10-16-13(3)22-11-24-16)20-9-12(2)23-15-7-5-14(18)6-8-15;/h5-8,11-12H,4,9-10H2,1-3H3,(H2,19,20,21);1H. The molecule has 0 saturated carbocycles. The van der Waals surface area contributed by atoms with Gasteiger partial charge in [-0.3, -0.25) is 0 Å². The van der Waals surface area contributed by atoms with Crippen LogP contribution in [0.1, 0.15) is 24.4 Å². The van der Waals surface area contributed by atoms with E-state index in [1.807, 2.05) is 50.5 Å². The fourth-order valence-electron chi connectivity index (χ4n) is 2.00. The molecule has 1 atom stereocenters. The lowest BCUT2D eigenvalue weighted by molar-refractivity contribution is 0.224. The molecule has 5 nitrogen and oxygen atoms in total. The lowest BCUT2D eigenvalue weighted by atomic mass is 10.3. The van der Waals surface area contributed by atoms with Crippen molar-refractivity contribution in [1.82, 2.24) is 15.6 Å². The Morgan fingerprint density at radius 2 is 2.04 bits per heavy atom. The number of nitrogens with one attached hydrogen (secondary N) is 2. The molecule has 0 amide bonds. The van der Waals surface area contributed by atoms with Crippen molar-refractivity contribution < 1.29 is 4.74 Å². The maximum atomic E-state index is 5.88. The summed E-state index contributed by atoms with van der Waals surface area (Å²) in [4.78, 5) is 10.0. The van der Waals surface area contributed by atoms with E-state index in [0.717, 1.165) is 23.9 Å². The average Bonchev–Trinajstić information content (AvgIpc) is 2.97. The zero-order valence-corrected chi connectivity index (χ0v) is 18.5. The van der Waals surface area contributed by atoms with Gasteiger partial charge in [0.1, 0.15) is 11.9 Å². The van der Waals surface area contributed by atoms with Gasteiger partial charge in [-0.1, -0.05) is 11.6 Å². The molecule has 0 aliphatic carbocycles. The van der Waals surface area contributed by atoms with E-state index in [4.69, 9.17) is 16.3 Å². The molecule has 0 fully saturated rings. The molecular weight excluding hydrogens is 471 g/mol. The Hall–Kier alpha value is -1.06. The van der Waals surface area contributed by atoms with Crippen LogP contribution in [0.5, 0.6) is 5.75 Å². The summed E-state index contributed by atoms with van der Waals surface area (Å²) in [6, 6.07) is 7.37. The van der Waals surface area contributed by atoms with Gasteiger partial charge in [-0.25, -0.2) is 9.98 Å². The molecule has 2 aromatic rings. The Balaban J connectivity index is 0.00000312. The van der Waals surface area contributed by atoms with Gasteiger partial charge in [0.05, 0.1) is 24.3 Å². The fraction of sp³-hybridized carbons (Fsp3) is 0.412. The summed E-state index contributed by atoms with van der Waals surface area (Å²) in [7, 11) is 0. The molecule has 1 aromatic heterocycles. The van der Waals surface area contributed by atoms with Crippen molar-refractivity contribution in [1.29, 1.82) is 0 Å². The SMILES string of the molecule is CCNC(=NCc1scnc1C)NCC(C)Oc1ccc(Cl)cc1.I. The van der Waals surface area contributed by atoms with Crippen molar-refractivity contribution in [3.05, 3.63) is 45.4 Å². The molecule has 0 aliphatic heterocycles. The molecule has 8 heteroatoms. The second kappa shape index (κ2) is 11.5. The Morgan fingerprint density at radius 1 is 1.32 bits per heavy atom. The summed E-state index contributed by atoms with van der Waals surface area (Å²) >= 11 is 7.51. The Kier molecular flexibility index (Phi) is 10.1. The van der Waals surface area contributed by atoms with Gasteiger partial charge >= 0.3 is 0 Å². The molecule has 1 aromatic carbocycles. The van der Waals surface area contributed by atoms with E-state index in [9.17, 15) is 0 Å². The normalized spacial score (nSPS) is 12.2. The molecule has 138 valence electrons. The van der Waals surface area contributed by atoms with Gasteiger partial charge in [0.2, 0.25) is 0 Å². The minimum Gasteiger partial charge on any atom is -0.489 e. The number of guanidine groups is 1. The largest absolute Gasteiger partial charge is 0.489 e. The van der Waals surface area contributed by atoms with Crippen LogP contribution in [0.3, 0.4) is 0 Å². The first-order chi connectivity index (χ1) is 11.6. The highest BCUT2D eigenvalue weighted by atomic mass is 127. The zero-order chi connectivity index (χ0) is 17.4. The van der Waals surface area contributed by atoms with Gasteiger partial charge < -0.3 is 15.4 Å². The number of thiazole rings is 1. The van der Waals surface area contributed by atoms with Crippen LogP contribution in [-0.4, -0.2) is 30.1 Å². The Morgan fingerprint density at radius 3 is 2.64 bits per heavy atom. The van der Waals surface area contributed by atoms with E-state index >= 15 is 0 Å². The molecule has 25 heavy (non-hydrogen) atoms. The summed E-state index contributed by atoms with van der Waals surface area (Å²) in [5.74, 6) is 1.58. The van der Waals surface area contributed by atoms with Crippen LogP contribution in [0.2, 0.25) is 5.02 Å². The van der Waals surface area contributed by atoms with Crippen LogP contribution in [0, 0.1) is 6.92 Å². The maximum absolute atomic E-state index is 5.88. The number of hydrogen-bond donors (Lipinski definition) is 2. The van der Waals surface area contributed by atoms with Gasteiger partial charge in [-0.2, -0.15) is 0 Å². The number of hydrogen-bond acceptors (Lipinski definition) is 4. The minimum absolute atomic E-state index is 0. The minimum atomic E-state index is 0. The first-order valence-corrected chi connectivity index (χ1v) is 9.17. The quantitative estimate of drug-likeness (QED) is 0.343. The average molecular weight is 495 g/mol. The van der Waals surface area contributed by atoms with E-state index in [1.54, 1.807) is 11.3 Å². The van der Waals surface area contributed by atoms with Crippen LogP contribution in [0.4, 0.5) is 0 Å². The van der Waals surface area contributed by atoms with Crippen molar-refractivity contribution in [3.63, 3.8) is 0 Å². The highest BCUT2D eigenvalue weighted by Crippen LogP contribution is 2.16. The molecule has 0 aliphatic rings. The number of nitrogens with zero attached hydrogens (tertiary/aromatic N) is 2. The lowest BCUT2D eigenvalue weighted by Gasteiger charge is -2.17. The number of rotatable bonds is 7. The fourth-order valence-corrected chi connectivity index (χ4v) is 2.82. The van der Waals surface area contributed by atoms with Crippen LogP contribution in [0.25, 0.3) is 0 Å². The second-order valence-electron chi connectivity index (χ2n) is 5.32.